The van der Waals surface area contributed by atoms with Crippen LogP contribution >= 0.6 is 27.3 Å². The molecule has 0 aromatic carbocycles. The molecule has 1 aliphatic carbocycles. The Labute approximate surface area is 131 Å². The lowest BCUT2D eigenvalue weighted by Crippen LogP contribution is -2.09. The largest absolute Gasteiger partial charge is 0.363 e. The highest BCUT2D eigenvalue weighted by atomic mass is 79.9. The number of hydrogen-bond acceptors (Lipinski definition) is 5. The first kappa shape index (κ1) is 13.9. The third kappa shape index (κ3) is 3.01. The standard InChI is InChI=1S/C14H17BrN4S/c1-7-13(20-9(3)16-7)8(2)17-12-6-11(15)18-14(19-12)10-4-5-10/h6,8,10H,4-5H2,1-3H3,(H,17,18,19). The SMILES string of the molecule is Cc1nc(C)c(C(C)Nc2cc(Br)nc(C3CC3)n2)s1. The summed E-state index contributed by atoms with van der Waals surface area (Å²) in [6.07, 6.45) is 2.41. The summed E-state index contributed by atoms with van der Waals surface area (Å²) >= 11 is 5.21. The molecule has 6 heteroatoms. The van der Waals surface area contributed by atoms with Crippen LogP contribution in [0.4, 0.5) is 5.82 Å². The highest BCUT2D eigenvalue weighted by molar-refractivity contribution is 9.10. The molecule has 1 unspecified atom stereocenters. The highest BCUT2D eigenvalue weighted by Crippen LogP contribution is 2.39. The number of thiazole rings is 1. The minimum absolute atomic E-state index is 0.204. The second-order valence-corrected chi connectivity index (χ2v) is 7.30. The number of halogens is 1. The second-order valence-electron chi connectivity index (χ2n) is 5.26. The maximum Gasteiger partial charge on any atom is 0.135 e. The van der Waals surface area contributed by atoms with E-state index in [2.05, 4.69) is 50.0 Å². The van der Waals surface area contributed by atoms with Crippen LogP contribution < -0.4 is 5.32 Å². The van der Waals surface area contributed by atoms with Crippen molar-refractivity contribution < 1.29 is 0 Å². The maximum atomic E-state index is 4.63. The van der Waals surface area contributed by atoms with Gasteiger partial charge in [-0.3, -0.25) is 0 Å². The van der Waals surface area contributed by atoms with Crippen molar-refractivity contribution in [2.45, 2.75) is 45.6 Å². The molecule has 0 bridgehead atoms. The van der Waals surface area contributed by atoms with Gasteiger partial charge in [0.2, 0.25) is 0 Å². The van der Waals surface area contributed by atoms with Crippen LogP contribution in [0, 0.1) is 13.8 Å². The number of rotatable bonds is 4. The summed E-state index contributed by atoms with van der Waals surface area (Å²) in [6, 6.07) is 2.14. The molecule has 106 valence electrons. The van der Waals surface area contributed by atoms with Crippen molar-refractivity contribution in [1.29, 1.82) is 0 Å². The van der Waals surface area contributed by atoms with Crippen molar-refractivity contribution >= 4 is 33.1 Å². The summed E-state index contributed by atoms with van der Waals surface area (Å²) in [4.78, 5) is 14.8. The minimum Gasteiger partial charge on any atom is -0.363 e. The summed E-state index contributed by atoms with van der Waals surface area (Å²) in [6.45, 7) is 6.25. The van der Waals surface area contributed by atoms with Crippen molar-refractivity contribution in [2.75, 3.05) is 5.32 Å². The van der Waals surface area contributed by atoms with Crippen LogP contribution in [0.1, 0.15) is 53.1 Å². The van der Waals surface area contributed by atoms with E-state index in [0.717, 1.165) is 26.9 Å². The number of aromatic nitrogens is 3. The first-order valence-electron chi connectivity index (χ1n) is 6.78. The third-order valence-corrected chi connectivity index (χ3v) is 5.01. The Morgan fingerprint density at radius 2 is 2.05 bits per heavy atom. The van der Waals surface area contributed by atoms with Crippen LogP contribution in [0.3, 0.4) is 0 Å². The Morgan fingerprint density at radius 1 is 1.30 bits per heavy atom. The number of nitrogens with one attached hydrogen (secondary N) is 1. The van der Waals surface area contributed by atoms with E-state index >= 15 is 0 Å². The Bertz CT molecular complexity index is 636. The Hall–Kier alpha value is -1.01. The summed E-state index contributed by atoms with van der Waals surface area (Å²) in [7, 11) is 0. The van der Waals surface area contributed by atoms with Crippen molar-refractivity contribution in [3.8, 4) is 0 Å². The molecule has 0 spiro atoms. The molecule has 1 atom stereocenters. The molecule has 0 radical (unpaired) electrons. The molecule has 1 aliphatic rings. The fraction of sp³-hybridized carbons (Fsp3) is 0.500. The fourth-order valence-electron chi connectivity index (χ4n) is 2.27. The zero-order valence-electron chi connectivity index (χ0n) is 11.8. The molecule has 3 rings (SSSR count). The van der Waals surface area contributed by atoms with E-state index in [-0.39, 0.29) is 6.04 Å². The van der Waals surface area contributed by atoms with Crippen molar-refractivity contribution in [3.63, 3.8) is 0 Å². The van der Waals surface area contributed by atoms with Gasteiger partial charge < -0.3 is 5.32 Å². The average Bonchev–Trinajstić information content (AvgIpc) is 3.14. The molecule has 1 saturated carbocycles. The van der Waals surface area contributed by atoms with Crippen LogP contribution in [-0.4, -0.2) is 15.0 Å². The fourth-order valence-corrected chi connectivity index (χ4v) is 3.60. The number of hydrogen-bond donors (Lipinski definition) is 1. The zero-order valence-corrected chi connectivity index (χ0v) is 14.2. The Balaban J connectivity index is 1.81. The molecular formula is C14H17BrN4S. The molecule has 2 aromatic rings. The van der Waals surface area contributed by atoms with Gasteiger partial charge in [-0.25, -0.2) is 15.0 Å². The van der Waals surface area contributed by atoms with Crippen LogP contribution in [-0.2, 0) is 0 Å². The van der Waals surface area contributed by atoms with Gasteiger partial charge in [-0.05, 0) is 49.5 Å². The van der Waals surface area contributed by atoms with E-state index in [0.29, 0.717) is 5.92 Å². The zero-order chi connectivity index (χ0) is 14.3. The van der Waals surface area contributed by atoms with Gasteiger partial charge in [0.25, 0.3) is 0 Å². The Kier molecular flexibility index (Phi) is 3.77. The van der Waals surface area contributed by atoms with Gasteiger partial charge in [0.1, 0.15) is 16.2 Å². The molecule has 4 nitrogen and oxygen atoms in total. The van der Waals surface area contributed by atoms with Gasteiger partial charge in [0.15, 0.2) is 0 Å². The Morgan fingerprint density at radius 3 is 2.65 bits per heavy atom. The van der Waals surface area contributed by atoms with E-state index < -0.39 is 0 Å². The van der Waals surface area contributed by atoms with E-state index in [1.807, 2.05) is 13.0 Å². The predicted molar refractivity (Wildman–Crippen MR) is 85.3 cm³/mol. The van der Waals surface area contributed by atoms with Gasteiger partial charge in [-0.1, -0.05) is 0 Å². The number of nitrogens with zero attached hydrogens (tertiary/aromatic N) is 3. The molecule has 1 N–H and O–H groups in total. The van der Waals surface area contributed by atoms with Crippen LogP contribution in [0.5, 0.6) is 0 Å². The van der Waals surface area contributed by atoms with Crippen LogP contribution in [0.25, 0.3) is 0 Å². The summed E-state index contributed by atoms with van der Waals surface area (Å²) in [5.74, 6) is 2.38. The van der Waals surface area contributed by atoms with Gasteiger partial charge in [-0.2, -0.15) is 0 Å². The molecule has 2 aromatic heterocycles. The molecule has 2 heterocycles. The average molecular weight is 353 g/mol. The predicted octanol–water partition coefficient (Wildman–Crippen LogP) is 4.36. The molecular weight excluding hydrogens is 336 g/mol. The van der Waals surface area contributed by atoms with Crippen molar-refractivity contribution in [3.05, 3.63) is 32.1 Å². The highest BCUT2D eigenvalue weighted by Gasteiger charge is 2.27. The molecule has 1 fully saturated rings. The topological polar surface area (TPSA) is 50.7 Å². The molecule has 0 aliphatic heterocycles. The van der Waals surface area contributed by atoms with Crippen molar-refractivity contribution in [2.24, 2.45) is 0 Å². The van der Waals surface area contributed by atoms with E-state index in [4.69, 9.17) is 0 Å². The quantitative estimate of drug-likeness (QED) is 0.830. The van der Waals surface area contributed by atoms with Gasteiger partial charge in [0, 0.05) is 16.9 Å². The summed E-state index contributed by atoms with van der Waals surface area (Å²) in [5.41, 5.74) is 1.10. The lowest BCUT2D eigenvalue weighted by molar-refractivity contribution is 0.854. The summed E-state index contributed by atoms with van der Waals surface area (Å²) < 4.78 is 0.848. The van der Waals surface area contributed by atoms with Crippen molar-refractivity contribution in [1.82, 2.24) is 15.0 Å². The number of aryl methyl sites for hydroxylation is 2. The number of anilines is 1. The molecule has 0 saturated heterocycles. The normalized spacial score (nSPS) is 16.2. The maximum absolute atomic E-state index is 4.63. The molecule has 0 amide bonds. The molecule has 20 heavy (non-hydrogen) atoms. The third-order valence-electron chi connectivity index (χ3n) is 3.35. The lowest BCUT2D eigenvalue weighted by Gasteiger charge is -2.14. The van der Waals surface area contributed by atoms with Gasteiger partial charge in [0.05, 0.1) is 16.7 Å². The van der Waals surface area contributed by atoms with Gasteiger partial charge in [-0.15, -0.1) is 11.3 Å². The minimum atomic E-state index is 0.204. The first-order chi connectivity index (χ1) is 9.52. The monoisotopic (exact) mass is 352 g/mol. The van der Waals surface area contributed by atoms with E-state index in [1.165, 1.54) is 17.7 Å². The second kappa shape index (κ2) is 5.41. The lowest BCUT2D eigenvalue weighted by atomic mass is 10.2. The van der Waals surface area contributed by atoms with Crippen LogP contribution in [0.15, 0.2) is 10.7 Å². The van der Waals surface area contributed by atoms with E-state index in [1.54, 1.807) is 11.3 Å². The summed E-state index contributed by atoms with van der Waals surface area (Å²) in [5, 5.41) is 4.57. The smallest absolute Gasteiger partial charge is 0.135 e. The van der Waals surface area contributed by atoms with E-state index in [9.17, 15) is 0 Å². The first-order valence-corrected chi connectivity index (χ1v) is 8.39. The van der Waals surface area contributed by atoms with Crippen LogP contribution in [0.2, 0.25) is 0 Å². The van der Waals surface area contributed by atoms with Gasteiger partial charge >= 0.3 is 0 Å².